The number of nitrogens with two attached hydrogens (primary N) is 1. The molecule has 1 amide bonds. The average Bonchev–Trinajstić information content (AvgIpc) is 2.29. The predicted molar refractivity (Wildman–Crippen MR) is 75.1 cm³/mol. The fourth-order valence-electron chi connectivity index (χ4n) is 1.46. The zero-order valence-corrected chi connectivity index (χ0v) is 12.0. The van der Waals surface area contributed by atoms with Gasteiger partial charge in [0.25, 0.3) is 0 Å². The molecule has 17 heavy (non-hydrogen) atoms. The van der Waals surface area contributed by atoms with E-state index in [2.05, 4.69) is 15.9 Å². The second-order valence-electron chi connectivity index (χ2n) is 4.01. The maximum atomic E-state index is 11.7. The van der Waals surface area contributed by atoms with E-state index < -0.39 is 0 Å². The molecule has 5 heteroatoms. The second kappa shape index (κ2) is 5.91. The molecular formula is C12H18BrN3O. The lowest BCUT2D eigenvalue weighted by Gasteiger charge is -2.25. The summed E-state index contributed by atoms with van der Waals surface area (Å²) >= 11 is 3.41. The highest BCUT2D eigenvalue weighted by atomic mass is 79.9. The van der Waals surface area contributed by atoms with Gasteiger partial charge in [0.15, 0.2) is 0 Å². The summed E-state index contributed by atoms with van der Waals surface area (Å²) in [5.74, 6) is 0.0613. The molecule has 1 rings (SSSR count). The van der Waals surface area contributed by atoms with Crippen molar-refractivity contribution in [1.82, 2.24) is 4.90 Å². The molecule has 0 aliphatic carbocycles. The summed E-state index contributed by atoms with van der Waals surface area (Å²) in [4.78, 5) is 15.3. The molecule has 0 aliphatic heterocycles. The van der Waals surface area contributed by atoms with Crippen LogP contribution in [0.4, 0.5) is 11.4 Å². The number of rotatable bonds is 4. The number of anilines is 2. The minimum atomic E-state index is 0.0613. The van der Waals surface area contributed by atoms with E-state index in [9.17, 15) is 4.79 Å². The number of nitrogen functional groups attached to an aromatic ring is 1. The standard InChI is InChI=1S/C12H18BrN3O/c1-4-16(8-12(17)15(2)3)11-7-9(13)5-6-10(11)14/h5-7H,4,8,14H2,1-3H3. The van der Waals surface area contributed by atoms with Crippen LogP contribution >= 0.6 is 15.9 Å². The third-order valence-corrected chi connectivity index (χ3v) is 3.03. The molecule has 0 fully saturated rings. The van der Waals surface area contributed by atoms with Crippen LogP contribution < -0.4 is 10.6 Å². The Balaban J connectivity index is 2.93. The van der Waals surface area contributed by atoms with E-state index in [-0.39, 0.29) is 5.91 Å². The lowest BCUT2D eigenvalue weighted by Crippen LogP contribution is -2.36. The molecule has 0 bridgehead atoms. The minimum absolute atomic E-state index is 0.0613. The van der Waals surface area contributed by atoms with Crippen molar-refractivity contribution >= 4 is 33.2 Å². The van der Waals surface area contributed by atoms with Gasteiger partial charge in [-0.15, -0.1) is 0 Å². The highest BCUT2D eigenvalue weighted by molar-refractivity contribution is 9.10. The van der Waals surface area contributed by atoms with Crippen molar-refractivity contribution in [3.63, 3.8) is 0 Å². The topological polar surface area (TPSA) is 49.6 Å². The SMILES string of the molecule is CCN(CC(=O)N(C)C)c1cc(Br)ccc1N. The average molecular weight is 300 g/mol. The van der Waals surface area contributed by atoms with Crippen LogP contribution in [0.1, 0.15) is 6.92 Å². The molecule has 0 saturated heterocycles. The molecule has 1 aromatic carbocycles. The third kappa shape index (κ3) is 3.63. The summed E-state index contributed by atoms with van der Waals surface area (Å²) < 4.78 is 0.956. The molecule has 2 N–H and O–H groups in total. The van der Waals surface area contributed by atoms with Crippen molar-refractivity contribution in [2.24, 2.45) is 0 Å². The predicted octanol–water partition coefficient (Wildman–Crippen LogP) is 1.95. The van der Waals surface area contributed by atoms with E-state index in [4.69, 9.17) is 5.73 Å². The van der Waals surface area contributed by atoms with Crippen molar-refractivity contribution < 1.29 is 4.79 Å². The number of halogens is 1. The Morgan fingerprint density at radius 3 is 2.59 bits per heavy atom. The molecule has 0 spiro atoms. The molecule has 4 nitrogen and oxygen atoms in total. The zero-order valence-electron chi connectivity index (χ0n) is 10.4. The fraction of sp³-hybridized carbons (Fsp3) is 0.417. The van der Waals surface area contributed by atoms with Crippen LogP contribution in [-0.4, -0.2) is 38.0 Å². The lowest BCUT2D eigenvalue weighted by molar-refractivity contribution is -0.127. The Morgan fingerprint density at radius 1 is 1.41 bits per heavy atom. The number of carbonyl (C=O) groups excluding carboxylic acids is 1. The van der Waals surface area contributed by atoms with Gasteiger partial charge in [0, 0.05) is 25.1 Å². The third-order valence-electron chi connectivity index (χ3n) is 2.54. The van der Waals surface area contributed by atoms with Gasteiger partial charge in [-0.05, 0) is 25.1 Å². The van der Waals surface area contributed by atoms with Gasteiger partial charge in [-0.25, -0.2) is 0 Å². The van der Waals surface area contributed by atoms with Crippen molar-refractivity contribution in [3.8, 4) is 0 Å². The Labute approximate surface area is 111 Å². The number of hydrogen-bond acceptors (Lipinski definition) is 3. The normalized spacial score (nSPS) is 10.1. The highest BCUT2D eigenvalue weighted by Gasteiger charge is 2.13. The van der Waals surface area contributed by atoms with Crippen LogP contribution in [0.3, 0.4) is 0 Å². The van der Waals surface area contributed by atoms with E-state index in [0.717, 1.165) is 16.7 Å². The molecule has 0 aromatic heterocycles. The van der Waals surface area contributed by atoms with Gasteiger partial charge in [0.2, 0.25) is 5.91 Å². The van der Waals surface area contributed by atoms with Gasteiger partial charge in [-0.3, -0.25) is 4.79 Å². The van der Waals surface area contributed by atoms with Crippen molar-refractivity contribution in [2.45, 2.75) is 6.92 Å². The van der Waals surface area contributed by atoms with E-state index >= 15 is 0 Å². The molecule has 94 valence electrons. The minimum Gasteiger partial charge on any atom is -0.397 e. The number of hydrogen-bond donors (Lipinski definition) is 1. The van der Waals surface area contributed by atoms with Gasteiger partial charge in [-0.1, -0.05) is 15.9 Å². The molecule has 0 heterocycles. The van der Waals surface area contributed by atoms with Crippen LogP contribution in [0, 0.1) is 0 Å². The highest BCUT2D eigenvalue weighted by Crippen LogP contribution is 2.26. The largest absolute Gasteiger partial charge is 0.397 e. The van der Waals surface area contributed by atoms with Gasteiger partial charge in [0.1, 0.15) is 0 Å². The van der Waals surface area contributed by atoms with Gasteiger partial charge in [0.05, 0.1) is 17.9 Å². The van der Waals surface area contributed by atoms with Crippen LogP contribution in [0.15, 0.2) is 22.7 Å². The molecule has 1 aromatic rings. The summed E-state index contributed by atoms with van der Waals surface area (Å²) in [5, 5.41) is 0. The maximum Gasteiger partial charge on any atom is 0.241 e. The summed E-state index contributed by atoms with van der Waals surface area (Å²) in [6.07, 6.45) is 0. The summed E-state index contributed by atoms with van der Waals surface area (Å²) in [6, 6.07) is 5.66. The van der Waals surface area contributed by atoms with E-state index in [1.807, 2.05) is 30.0 Å². The summed E-state index contributed by atoms with van der Waals surface area (Å²) in [5.41, 5.74) is 7.50. The molecule has 0 unspecified atom stereocenters. The Hall–Kier alpha value is -1.23. The Kier molecular flexibility index (Phi) is 4.81. The van der Waals surface area contributed by atoms with Gasteiger partial charge >= 0.3 is 0 Å². The van der Waals surface area contributed by atoms with Crippen LogP contribution in [-0.2, 0) is 4.79 Å². The van der Waals surface area contributed by atoms with Crippen molar-refractivity contribution in [3.05, 3.63) is 22.7 Å². The number of nitrogens with zero attached hydrogens (tertiary/aromatic N) is 2. The number of likely N-dealkylation sites (N-methyl/N-ethyl adjacent to an activating group) is 2. The Bertz CT molecular complexity index is 407. The summed E-state index contributed by atoms with van der Waals surface area (Å²) in [7, 11) is 3.50. The van der Waals surface area contributed by atoms with Crippen molar-refractivity contribution in [2.75, 3.05) is 37.8 Å². The lowest BCUT2D eigenvalue weighted by atomic mass is 10.2. The molecule has 0 radical (unpaired) electrons. The smallest absolute Gasteiger partial charge is 0.241 e. The first-order valence-corrected chi connectivity index (χ1v) is 6.25. The first kappa shape index (κ1) is 13.8. The number of benzene rings is 1. The van der Waals surface area contributed by atoms with Crippen LogP contribution in [0.5, 0.6) is 0 Å². The maximum absolute atomic E-state index is 11.7. The fourth-order valence-corrected chi connectivity index (χ4v) is 1.81. The second-order valence-corrected chi connectivity index (χ2v) is 4.92. The number of carbonyl (C=O) groups is 1. The Morgan fingerprint density at radius 2 is 2.06 bits per heavy atom. The van der Waals surface area contributed by atoms with Gasteiger partial charge < -0.3 is 15.5 Å². The van der Waals surface area contributed by atoms with E-state index in [0.29, 0.717) is 12.2 Å². The molecule has 0 atom stereocenters. The first-order chi connectivity index (χ1) is 7.95. The molecule has 0 aliphatic rings. The van der Waals surface area contributed by atoms with E-state index in [1.165, 1.54) is 0 Å². The van der Waals surface area contributed by atoms with Gasteiger partial charge in [-0.2, -0.15) is 0 Å². The van der Waals surface area contributed by atoms with E-state index in [1.54, 1.807) is 19.0 Å². The monoisotopic (exact) mass is 299 g/mol. The van der Waals surface area contributed by atoms with Crippen LogP contribution in [0.25, 0.3) is 0 Å². The number of amides is 1. The molecular weight excluding hydrogens is 282 g/mol. The molecule has 0 saturated carbocycles. The van der Waals surface area contributed by atoms with Crippen LogP contribution in [0.2, 0.25) is 0 Å². The van der Waals surface area contributed by atoms with Crippen molar-refractivity contribution in [1.29, 1.82) is 0 Å². The first-order valence-electron chi connectivity index (χ1n) is 5.45. The quantitative estimate of drug-likeness (QED) is 0.865. The summed E-state index contributed by atoms with van der Waals surface area (Å²) in [6.45, 7) is 3.08. The zero-order chi connectivity index (χ0) is 13.0.